The lowest BCUT2D eigenvalue weighted by Gasteiger charge is -2.18. The highest BCUT2D eigenvalue weighted by Gasteiger charge is 2.31. The predicted molar refractivity (Wildman–Crippen MR) is 50.2 cm³/mol. The average Bonchev–Trinajstić information content (AvgIpc) is 2.85. The fourth-order valence-electron chi connectivity index (χ4n) is 1.36. The molecule has 3 nitrogen and oxygen atoms in total. The van der Waals surface area contributed by atoms with E-state index in [4.69, 9.17) is 0 Å². The maximum atomic E-state index is 11.4. The van der Waals surface area contributed by atoms with Crippen molar-refractivity contribution >= 4 is 12.2 Å². The third kappa shape index (κ3) is 3.17. The molecule has 1 amide bonds. The van der Waals surface area contributed by atoms with Gasteiger partial charge in [0.2, 0.25) is 6.41 Å². The molecule has 0 spiro atoms. The van der Waals surface area contributed by atoms with Crippen molar-refractivity contribution in [3.8, 4) is 0 Å². The van der Waals surface area contributed by atoms with Gasteiger partial charge in [-0.05, 0) is 18.8 Å². The summed E-state index contributed by atoms with van der Waals surface area (Å²) in [5.41, 5.74) is 0. The van der Waals surface area contributed by atoms with Crippen molar-refractivity contribution in [1.82, 2.24) is 5.32 Å². The van der Waals surface area contributed by atoms with Gasteiger partial charge in [0.15, 0.2) is 0 Å². The van der Waals surface area contributed by atoms with Crippen LogP contribution in [0.5, 0.6) is 0 Å². The highest BCUT2D eigenvalue weighted by molar-refractivity contribution is 5.83. The van der Waals surface area contributed by atoms with E-state index >= 15 is 0 Å². The van der Waals surface area contributed by atoms with E-state index in [-0.39, 0.29) is 6.04 Å². The Balaban J connectivity index is 2.35. The second kappa shape index (κ2) is 4.40. The first-order chi connectivity index (χ1) is 6.15. The lowest BCUT2D eigenvalue weighted by molar-refractivity contribution is -0.121. The van der Waals surface area contributed by atoms with E-state index in [0.29, 0.717) is 30.4 Å². The van der Waals surface area contributed by atoms with Crippen LogP contribution in [0.2, 0.25) is 0 Å². The summed E-state index contributed by atoms with van der Waals surface area (Å²) >= 11 is 0. The van der Waals surface area contributed by atoms with Gasteiger partial charge in [0.25, 0.3) is 0 Å². The van der Waals surface area contributed by atoms with Crippen LogP contribution in [0.3, 0.4) is 0 Å². The Labute approximate surface area is 78.9 Å². The van der Waals surface area contributed by atoms with E-state index in [1.54, 1.807) is 0 Å². The van der Waals surface area contributed by atoms with Crippen molar-refractivity contribution in [1.29, 1.82) is 0 Å². The molecular weight excluding hydrogens is 166 g/mol. The van der Waals surface area contributed by atoms with Crippen LogP contribution in [0, 0.1) is 11.8 Å². The van der Waals surface area contributed by atoms with E-state index in [0.717, 1.165) is 12.8 Å². The fourth-order valence-corrected chi connectivity index (χ4v) is 1.36. The smallest absolute Gasteiger partial charge is 0.207 e. The Hall–Kier alpha value is -0.860. The molecule has 0 aromatic carbocycles. The van der Waals surface area contributed by atoms with Crippen LogP contribution in [0.1, 0.15) is 33.1 Å². The molecule has 1 N–H and O–H groups in total. The van der Waals surface area contributed by atoms with Crippen molar-refractivity contribution in [2.24, 2.45) is 11.8 Å². The van der Waals surface area contributed by atoms with Gasteiger partial charge in [-0.25, -0.2) is 0 Å². The van der Waals surface area contributed by atoms with Crippen LogP contribution in [-0.2, 0) is 9.59 Å². The van der Waals surface area contributed by atoms with Crippen molar-refractivity contribution in [2.45, 2.75) is 39.2 Å². The summed E-state index contributed by atoms with van der Waals surface area (Å²) in [6, 6.07) is 0.0191. The Morgan fingerprint density at radius 2 is 2.15 bits per heavy atom. The molecule has 1 saturated carbocycles. The second-order valence-electron chi connectivity index (χ2n) is 4.08. The Morgan fingerprint density at radius 3 is 2.54 bits per heavy atom. The molecule has 0 unspecified atom stereocenters. The third-order valence-electron chi connectivity index (χ3n) is 2.54. The lowest BCUT2D eigenvalue weighted by atomic mass is 9.97. The summed E-state index contributed by atoms with van der Waals surface area (Å²) in [5, 5.41) is 2.69. The molecule has 0 radical (unpaired) electrons. The number of hydrogen-bond acceptors (Lipinski definition) is 2. The number of rotatable bonds is 6. The highest BCUT2D eigenvalue weighted by Crippen LogP contribution is 2.31. The quantitative estimate of drug-likeness (QED) is 0.627. The van der Waals surface area contributed by atoms with E-state index in [1.165, 1.54) is 0 Å². The number of hydrogen-bond donors (Lipinski definition) is 1. The summed E-state index contributed by atoms with van der Waals surface area (Å²) in [4.78, 5) is 21.7. The maximum Gasteiger partial charge on any atom is 0.207 e. The van der Waals surface area contributed by atoms with Gasteiger partial charge in [-0.3, -0.25) is 9.59 Å². The lowest BCUT2D eigenvalue weighted by Crippen LogP contribution is -2.35. The number of carbonyl (C=O) groups excluding carboxylic acids is 2. The summed E-state index contributed by atoms with van der Waals surface area (Å²) in [5.74, 6) is 0.940. The Bertz CT molecular complexity index is 197. The minimum absolute atomic E-state index is 0.0191. The zero-order valence-corrected chi connectivity index (χ0v) is 8.25. The molecule has 1 aliphatic carbocycles. The molecule has 1 fully saturated rings. The largest absolute Gasteiger partial charge is 0.355 e. The molecule has 0 bridgehead atoms. The molecule has 1 aliphatic rings. The molecule has 1 atom stereocenters. The van der Waals surface area contributed by atoms with Crippen molar-refractivity contribution in [2.75, 3.05) is 0 Å². The van der Waals surface area contributed by atoms with Gasteiger partial charge in [-0.1, -0.05) is 13.8 Å². The summed E-state index contributed by atoms with van der Waals surface area (Å²) in [6.07, 6.45) is 3.28. The molecule has 0 saturated heterocycles. The summed E-state index contributed by atoms with van der Waals surface area (Å²) in [7, 11) is 0. The van der Waals surface area contributed by atoms with Gasteiger partial charge in [0.05, 0.1) is 0 Å². The second-order valence-corrected chi connectivity index (χ2v) is 4.08. The number of ketones is 1. The molecule has 74 valence electrons. The average molecular weight is 183 g/mol. The van der Waals surface area contributed by atoms with E-state index in [2.05, 4.69) is 5.32 Å². The first-order valence-corrected chi connectivity index (χ1v) is 4.87. The van der Waals surface area contributed by atoms with Crippen molar-refractivity contribution in [3.63, 3.8) is 0 Å². The van der Waals surface area contributed by atoms with Crippen molar-refractivity contribution in [3.05, 3.63) is 0 Å². The first-order valence-electron chi connectivity index (χ1n) is 4.87. The van der Waals surface area contributed by atoms with E-state index in [9.17, 15) is 9.59 Å². The van der Waals surface area contributed by atoms with Crippen molar-refractivity contribution < 1.29 is 9.59 Å². The van der Waals surface area contributed by atoms with Crippen LogP contribution < -0.4 is 5.32 Å². The van der Waals surface area contributed by atoms with Gasteiger partial charge < -0.3 is 5.32 Å². The standard InChI is InChI=1S/C10H17NO2/c1-7(2)9(11-6-12)5-10(13)8-3-4-8/h6-9H,3-5H2,1-2H3,(H,11,12)/t9-/m1/s1. The van der Waals surface area contributed by atoms with Gasteiger partial charge in [0.1, 0.15) is 5.78 Å². The van der Waals surface area contributed by atoms with Crippen LogP contribution in [0.25, 0.3) is 0 Å². The summed E-state index contributed by atoms with van der Waals surface area (Å²) in [6.45, 7) is 4.03. The normalized spacial score (nSPS) is 18.4. The summed E-state index contributed by atoms with van der Waals surface area (Å²) < 4.78 is 0. The van der Waals surface area contributed by atoms with Crippen LogP contribution in [0.4, 0.5) is 0 Å². The van der Waals surface area contributed by atoms with Crippen LogP contribution in [0.15, 0.2) is 0 Å². The van der Waals surface area contributed by atoms with Gasteiger partial charge in [-0.15, -0.1) is 0 Å². The van der Waals surface area contributed by atoms with E-state index < -0.39 is 0 Å². The maximum absolute atomic E-state index is 11.4. The molecule has 0 aromatic heterocycles. The molecule has 0 heterocycles. The van der Waals surface area contributed by atoms with Gasteiger partial charge in [-0.2, -0.15) is 0 Å². The molecule has 13 heavy (non-hydrogen) atoms. The molecule has 3 heteroatoms. The Kier molecular flexibility index (Phi) is 3.46. The number of Topliss-reactive ketones (excluding diaryl/α,β-unsaturated/α-hetero) is 1. The molecule has 0 aromatic rings. The monoisotopic (exact) mass is 183 g/mol. The minimum atomic E-state index is 0.0191. The fraction of sp³-hybridized carbons (Fsp3) is 0.800. The van der Waals surface area contributed by atoms with Gasteiger partial charge in [0, 0.05) is 18.4 Å². The van der Waals surface area contributed by atoms with Crippen LogP contribution >= 0.6 is 0 Å². The topological polar surface area (TPSA) is 46.2 Å². The molecule has 0 aliphatic heterocycles. The highest BCUT2D eigenvalue weighted by atomic mass is 16.1. The number of amides is 1. The SMILES string of the molecule is CC(C)[C@@H](CC(=O)C1CC1)NC=O. The molecular formula is C10H17NO2. The zero-order valence-electron chi connectivity index (χ0n) is 8.25. The zero-order chi connectivity index (χ0) is 9.84. The molecule has 1 rings (SSSR count). The first kappa shape index (κ1) is 10.2. The number of nitrogens with one attached hydrogen (secondary N) is 1. The van der Waals surface area contributed by atoms with Gasteiger partial charge >= 0.3 is 0 Å². The number of carbonyl (C=O) groups is 2. The minimum Gasteiger partial charge on any atom is -0.355 e. The van der Waals surface area contributed by atoms with Crippen LogP contribution in [-0.4, -0.2) is 18.2 Å². The third-order valence-corrected chi connectivity index (χ3v) is 2.54. The Morgan fingerprint density at radius 1 is 1.54 bits per heavy atom. The van der Waals surface area contributed by atoms with E-state index in [1.807, 2.05) is 13.8 Å². The predicted octanol–water partition coefficient (Wildman–Crippen LogP) is 1.13.